The van der Waals surface area contributed by atoms with Gasteiger partial charge in [-0.2, -0.15) is 0 Å². The van der Waals surface area contributed by atoms with Crippen molar-refractivity contribution in [3.63, 3.8) is 0 Å². The highest BCUT2D eigenvalue weighted by Gasteiger charge is 2.20. The summed E-state index contributed by atoms with van der Waals surface area (Å²) in [5.41, 5.74) is 4.59. The lowest BCUT2D eigenvalue weighted by atomic mass is 10.0. The number of urea groups is 1. The van der Waals surface area contributed by atoms with E-state index in [1.54, 1.807) is 18.0 Å². The Hall–Kier alpha value is -2.08. The third kappa shape index (κ3) is 2.21. The summed E-state index contributed by atoms with van der Waals surface area (Å²) in [5.74, 6) is 5.09. The lowest BCUT2D eigenvalue weighted by Crippen LogP contribution is -2.34. The summed E-state index contributed by atoms with van der Waals surface area (Å²) in [6, 6.07) is 4.94. The number of benzene rings is 1. The number of carbonyl (C=O) groups excluding carboxylic acids is 2. The second-order valence-electron chi connectivity index (χ2n) is 3.89. The molecule has 17 heavy (non-hydrogen) atoms. The maximum absolute atomic E-state index is 11.5. The fraction of sp³-hybridized carbons (Fsp3) is 0.273. The molecule has 4 N–H and O–H groups in total. The van der Waals surface area contributed by atoms with E-state index in [2.05, 4.69) is 5.32 Å². The fourth-order valence-electron chi connectivity index (χ4n) is 1.90. The van der Waals surface area contributed by atoms with Gasteiger partial charge in [0.2, 0.25) is 5.91 Å². The van der Waals surface area contributed by atoms with Crippen LogP contribution in [0.1, 0.15) is 12.0 Å². The molecule has 0 saturated carbocycles. The van der Waals surface area contributed by atoms with E-state index >= 15 is 0 Å². The highest BCUT2D eigenvalue weighted by molar-refractivity contribution is 5.97. The summed E-state index contributed by atoms with van der Waals surface area (Å²) < 4.78 is 0. The smallest absolute Gasteiger partial charge is 0.315 e. The van der Waals surface area contributed by atoms with E-state index in [9.17, 15) is 9.59 Å². The second-order valence-corrected chi connectivity index (χ2v) is 3.89. The molecule has 6 heteroatoms. The van der Waals surface area contributed by atoms with Gasteiger partial charge in [-0.3, -0.25) is 10.2 Å². The van der Waals surface area contributed by atoms with Gasteiger partial charge in [-0.1, -0.05) is 0 Å². The van der Waals surface area contributed by atoms with Crippen molar-refractivity contribution in [1.29, 1.82) is 0 Å². The van der Waals surface area contributed by atoms with Crippen LogP contribution in [-0.2, 0) is 11.2 Å². The van der Waals surface area contributed by atoms with Crippen LogP contribution in [0.25, 0.3) is 0 Å². The Balaban J connectivity index is 2.26. The summed E-state index contributed by atoms with van der Waals surface area (Å²) in [7, 11) is 1.75. The van der Waals surface area contributed by atoms with Crippen LogP contribution in [0, 0.1) is 0 Å². The molecular weight excluding hydrogens is 220 g/mol. The van der Waals surface area contributed by atoms with Crippen LogP contribution in [0.2, 0.25) is 0 Å². The van der Waals surface area contributed by atoms with Crippen molar-refractivity contribution < 1.29 is 9.59 Å². The van der Waals surface area contributed by atoms with E-state index in [1.807, 2.05) is 17.6 Å². The van der Waals surface area contributed by atoms with E-state index < -0.39 is 6.03 Å². The number of nitrogens with zero attached hydrogens (tertiary/aromatic N) is 1. The molecule has 0 atom stereocenters. The van der Waals surface area contributed by atoms with Gasteiger partial charge in [-0.15, -0.1) is 0 Å². The zero-order valence-corrected chi connectivity index (χ0v) is 9.49. The Morgan fingerprint density at radius 2 is 2.18 bits per heavy atom. The molecule has 0 fully saturated rings. The van der Waals surface area contributed by atoms with Crippen LogP contribution in [0.4, 0.5) is 16.2 Å². The molecule has 1 aromatic rings. The Kier molecular flexibility index (Phi) is 2.97. The van der Waals surface area contributed by atoms with Crippen molar-refractivity contribution >= 4 is 23.3 Å². The predicted molar refractivity (Wildman–Crippen MR) is 64.5 cm³/mol. The number of hydrogen-bond donors (Lipinski definition) is 3. The Morgan fingerprint density at radius 1 is 1.41 bits per heavy atom. The van der Waals surface area contributed by atoms with Crippen molar-refractivity contribution in [3.05, 3.63) is 23.8 Å². The van der Waals surface area contributed by atoms with Crippen LogP contribution in [0.15, 0.2) is 18.2 Å². The van der Waals surface area contributed by atoms with Gasteiger partial charge in [-0.25, -0.2) is 10.6 Å². The Bertz CT molecular complexity index is 473. The number of nitrogens with one attached hydrogen (secondary N) is 2. The second kappa shape index (κ2) is 4.42. The van der Waals surface area contributed by atoms with E-state index in [-0.39, 0.29) is 5.91 Å². The van der Waals surface area contributed by atoms with Gasteiger partial charge in [0, 0.05) is 24.8 Å². The van der Waals surface area contributed by atoms with Crippen molar-refractivity contribution in [3.8, 4) is 0 Å². The molecule has 0 spiro atoms. The normalized spacial score (nSPS) is 14.2. The van der Waals surface area contributed by atoms with Crippen molar-refractivity contribution in [2.75, 3.05) is 17.3 Å². The standard InChI is InChI=1S/C11H14N4O2/c1-15-9-4-3-8(13-11(17)14-12)6-7(9)2-5-10(15)16/h3-4,6H,2,5,12H2,1H3,(H2,13,14,17). The predicted octanol–water partition coefficient (Wildman–Crippen LogP) is 0.591. The van der Waals surface area contributed by atoms with E-state index in [0.29, 0.717) is 18.5 Å². The number of hydrazine groups is 1. The summed E-state index contributed by atoms with van der Waals surface area (Å²) in [5, 5.41) is 2.59. The van der Waals surface area contributed by atoms with E-state index in [0.717, 1.165) is 11.3 Å². The first-order valence-electron chi connectivity index (χ1n) is 5.29. The number of aryl methyl sites for hydroxylation is 1. The topological polar surface area (TPSA) is 87.5 Å². The number of hydrogen-bond acceptors (Lipinski definition) is 3. The minimum Gasteiger partial charge on any atom is -0.315 e. The molecule has 0 radical (unpaired) electrons. The van der Waals surface area contributed by atoms with Crippen molar-refractivity contribution in [2.24, 2.45) is 5.84 Å². The van der Waals surface area contributed by atoms with Crippen LogP contribution in [0.5, 0.6) is 0 Å². The van der Waals surface area contributed by atoms with Gasteiger partial charge in [-0.05, 0) is 30.2 Å². The number of nitrogens with two attached hydrogens (primary N) is 1. The van der Waals surface area contributed by atoms with Crippen molar-refractivity contribution in [2.45, 2.75) is 12.8 Å². The quantitative estimate of drug-likeness (QED) is 0.377. The summed E-state index contributed by atoms with van der Waals surface area (Å²) in [6.07, 6.45) is 1.19. The molecule has 0 unspecified atom stereocenters. The molecule has 1 heterocycles. The molecule has 0 aliphatic carbocycles. The molecule has 3 amide bonds. The molecule has 2 rings (SSSR count). The third-order valence-corrected chi connectivity index (χ3v) is 2.81. The van der Waals surface area contributed by atoms with E-state index in [4.69, 9.17) is 5.84 Å². The zero-order valence-electron chi connectivity index (χ0n) is 9.49. The molecule has 90 valence electrons. The van der Waals surface area contributed by atoms with Crippen molar-refractivity contribution in [1.82, 2.24) is 5.43 Å². The molecule has 0 saturated heterocycles. The fourth-order valence-corrected chi connectivity index (χ4v) is 1.90. The molecule has 0 aromatic heterocycles. The average Bonchev–Trinajstić information content (AvgIpc) is 2.34. The first kappa shape index (κ1) is 11.4. The highest BCUT2D eigenvalue weighted by Crippen LogP contribution is 2.29. The number of amides is 3. The van der Waals surface area contributed by atoms with Crippen LogP contribution < -0.4 is 21.5 Å². The van der Waals surface area contributed by atoms with Gasteiger partial charge in [0.15, 0.2) is 0 Å². The summed E-state index contributed by atoms with van der Waals surface area (Å²) in [6.45, 7) is 0. The van der Waals surface area contributed by atoms with Crippen LogP contribution in [-0.4, -0.2) is 19.0 Å². The van der Waals surface area contributed by atoms with Gasteiger partial charge < -0.3 is 10.2 Å². The Morgan fingerprint density at radius 3 is 2.88 bits per heavy atom. The maximum atomic E-state index is 11.5. The maximum Gasteiger partial charge on any atom is 0.333 e. The largest absolute Gasteiger partial charge is 0.333 e. The minimum absolute atomic E-state index is 0.109. The number of fused-ring (bicyclic) bond motifs is 1. The summed E-state index contributed by atoms with van der Waals surface area (Å²) in [4.78, 5) is 24.2. The molecule has 6 nitrogen and oxygen atoms in total. The SMILES string of the molecule is CN1C(=O)CCc2cc(NC(=O)NN)ccc21. The first-order valence-corrected chi connectivity index (χ1v) is 5.29. The lowest BCUT2D eigenvalue weighted by molar-refractivity contribution is -0.118. The lowest BCUT2D eigenvalue weighted by Gasteiger charge is -2.26. The average molecular weight is 234 g/mol. The van der Waals surface area contributed by atoms with Crippen LogP contribution in [0.3, 0.4) is 0 Å². The van der Waals surface area contributed by atoms with Gasteiger partial charge >= 0.3 is 6.03 Å². The molecule has 1 aliphatic rings. The summed E-state index contributed by atoms with van der Waals surface area (Å²) >= 11 is 0. The zero-order chi connectivity index (χ0) is 12.4. The number of anilines is 2. The van der Waals surface area contributed by atoms with Gasteiger partial charge in [0.25, 0.3) is 0 Å². The molecular formula is C11H14N4O2. The number of carbonyl (C=O) groups is 2. The Labute approximate surface area is 98.7 Å². The number of rotatable bonds is 1. The van der Waals surface area contributed by atoms with Crippen LogP contribution >= 0.6 is 0 Å². The van der Waals surface area contributed by atoms with Gasteiger partial charge in [0.1, 0.15) is 0 Å². The monoisotopic (exact) mass is 234 g/mol. The third-order valence-electron chi connectivity index (χ3n) is 2.81. The van der Waals surface area contributed by atoms with E-state index in [1.165, 1.54) is 0 Å². The first-order chi connectivity index (χ1) is 8.11. The molecule has 0 bridgehead atoms. The molecule has 1 aliphatic heterocycles. The molecule has 1 aromatic carbocycles. The minimum atomic E-state index is -0.467. The van der Waals surface area contributed by atoms with Gasteiger partial charge in [0.05, 0.1) is 0 Å². The highest BCUT2D eigenvalue weighted by atomic mass is 16.2.